The predicted molar refractivity (Wildman–Crippen MR) is 132 cm³/mol. The number of carboxylic acids is 1. The van der Waals surface area contributed by atoms with E-state index in [0.717, 1.165) is 19.0 Å². The zero-order chi connectivity index (χ0) is 26.7. The molecule has 200 valence electrons. The van der Waals surface area contributed by atoms with Crippen molar-refractivity contribution in [2.45, 2.75) is 50.1 Å². The van der Waals surface area contributed by atoms with Gasteiger partial charge in [-0.05, 0) is 58.5 Å². The van der Waals surface area contributed by atoms with Crippen molar-refractivity contribution < 1.29 is 27.5 Å². The van der Waals surface area contributed by atoms with Gasteiger partial charge in [0.15, 0.2) is 0 Å². The lowest BCUT2D eigenvalue weighted by atomic mass is 10.0. The summed E-state index contributed by atoms with van der Waals surface area (Å²) in [7, 11) is 3.67. The zero-order valence-corrected chi connectivity index (χ0v) is 20.6. The molecule has 4 rings (SSSR count). The molecule has 12 heteroatoms. The van der Waals surface area contributed by atoms with Gasteiger partial charge in [0.1, 0.15) is 11.7 Å². The Morgan fingerprint density at radius 1 is 1.32 bits per heavy atom. The van der Waals surface area contributed by atoms with Crippen LogP contribution in [0.5, 0.6) is 0 Å². The van der Waals surface area contributed by atoms with Crippen LogP contribution in [0.2, 0.25) is 0 Å². The number of hydrogen-bond donors (Lipinski definition) is 4. The van der Waals surface area contributed by atoms with E-state index < -0.39 is 23.9 Å². The Morgan fingerprint density at radius 2 is 2.11 bits per heavy atom. The maximum absolute atomic E-state index is 14.2. The fourth-order valence-electron chi connectivity index (χ4n) is 4.84. The second-order valence-electron chi connectivity index (χ2n) is 9.46. The summed E-state index contributed by atoms with van der Waals surface area (Å²) in [6.45, 7) is 0.929. The molecular formula is C25H30F4N6O2. The highest BCUT2D eigenvalue weighted by atomic mass is 19.4. The van der Waals surface area contributed by atoms with E-state index in [4.69, 9.17) is 0 Å². The number of carbonyl (C=O) groups is 1. The maximum Gasteiger partial charge on any atom is 0.419 e. The van der Waals surface area contributed by atoms with Gasteiger partial charge in [-0.2, -0.15) is 13.2 Å². The van der Waals surface area contributed by atoms with Gasteiger partial charge in [-0.15, -0.1) is 0 Å². The number of H-pyrrole nitrogens is 1. The number of halogens is 4. The van der Waals surface area contributed by atoms with Crippen LogP contribution in [-0.4, -0.2) is 76.4 Å². The largest absolute Gasteiger partial charge is 0.478 e. The molecule has 1 aliphatic rings. The average molecular weight is 523 g/mol. The quantitative estimate of drug-likeness (QED) is 0.290. The maximum atomic E-state index is 14.2. The van der Waals surface area contributed by atoms with Crippen LogP contribution in [0.3, 0.4) is 0 Å². The summed E-state index contributed by atoms with van der Waals surface area (Å²) >= 11 is 0. The van der Waals surface area contributed by atoms with Crippen LogP contribution in [0.4, 0.5) is 23.5 Å². The number of aromatic carboxylic acids is 1. The highest BCUT2D eigenvalue weighted by Gasteiger charge is 2.36. The number of nitrogens with zero attached hydrogens (tertiary/aromatic N) is 3. The molecule has 1 aliphatic carbocycles. The van der Waals surface area contributed by atoms with E-state index in [1.807, 2.05) is 11.9 Å². The number of aromatic nitrogens is 3. The molecule has 3 aromatic rings. The average Bonchev–Trinajstić information content (AvgIpc) is 3.48. The molecule has 0 amide bonds. The van der Waals surface area contributed by atoms with Crippen LogP contribution in [0.1, 0.15) is 41.6 Å². The molecule has 4 N–H and O–H groups in total. The monoisotopic (exact) mass is 522 g/mol. The van der Waals surface area contributed by atoms with Crippen molar-refractivity contribution in [3.8, 4) is 11.3 Å². The molecule has 0 saturated heterocycles. The number of hydrogen-bond acceptors (Lipinski definition) is 6. The number of benzene rings is 1. The van der Waals surface area contributed by atoms with Gasteiger partial charge in [-0.1, -0.05) is 6.07 Å². The first-order valence-corrected chi connectivity index (χ1v) is 12.1. The number of nitrogens with one attached hydrogen (secondary N) is 3. The minimum Gasteiger partial charge on any atom is -0.478 e. The molecule has 8 nitrogen and oxygen atoms in total. The zero-order valence-electron chi connectivity index (χ0n) is 20.6. The first kappa shape index (κ1) is 26.8. The topological polar surface area (TPSA) is 106 Å². The van der Waals surface area contributed by atoms with Crippen LogP contribution < -0.4 is 10.6 Å². The molecule has 2 heterocycles. The van der Waals surface area contributed by atoms with Crippen LogP contribution in [-0.2, 0) is 6.18 Å². The summed E-state index contributed by atoms with van der Waals surface area (Å²) in [6.07, 6.45) is -0.753. The first-order chi connectivity index (χ1) is 17.6. The van der Waals surface area contributed by atoms with Gasteiger partial charge in [0.05, 0.1) is 11.3 Å². The van der Waals surface area contributed by atoms with Gasteiger partial charge in [-0.3, -0.25) is 0 Å². The summed E-state index contributed by atoms with van der Waals surface area (Å²) in [5.74, 6) is -1.06. The van der Waals surface area contributed by atoms with Crippen LogP contribution in [0.25, 0.3) is 22.2 Å². The van der Waals surface area contributed by atoms with E-state index in [0.29, 0.717) is 36.8 Å². The van der Waals surface area contributed by atoms with E-state index in [1.54, 1.807) is 7.05 Å². The summed E-state index contributed by atoms with van der Waals surface area (Å²) in [4.78, 5) is 24.3. The molecule has 2 unspecified atom stereocenters. The normalized spacial score (nSPS) is 19.0. The third-order valence-electron chi connectivity index (χ3n) is 6.83. The van der Waals surface area contributed by atoms with Crippen molar-refractivity contribution in [2.24, 2.45) is 0 Å². The standard InChI is InChI=1S/C25H30F4N6O2/c1-30-8-7-15(26)13-35(2)17-5-4-16(10-17)33-24-32-12-20(25(27,28)29)22(34-24)19-11-31-21-9-14(23(36)37)3-6-18(19)21/h3,6,9,11-12,15-17,30-31H,4-5,7-8,10,13H2,1-2H3,(H,36,37)(H,32,33,34)/t15?,16-,17?/m0/s1. The van der Waals surface area contributed by atoms with Gasteiger partial charge in [0.25, 0.3) is 0 Å². The molecule has 1 saturated carbocycles. The second-order valence-corrected chi connectivity index (χ2v) is 9.46. The highest BCUT2D eigenvalue weighted by molar-refractivity contribution is 5.99. The van der Waals surface area contributed by atoms with Gasteiger partial charge < -0.3 is 25.6 Å². The molecule has 0 radical (unpaired) electrons. The number of aromatic amines is 1. The molecule has 1 aromatic carbocycles. The third kappa shape index (κ3) is 6.19. The highest BCUT2D eigenvalue weighted by Crippen LogP contribution is 2.39. The lowest BCUT2D eigenvalue weighted by molar-refractivity contribution is -0.137. The van der Waals surface area contributed by atoms with E-state index in [2.05, 4.69) is 25.6 Å². The molecule has 0 aliphatic heterocycles. The van der Waals surface area contributed by atoms with Crippen LogP contribution >= 0.6 is 0 Å². The van der Waals surface area contributed by atoms with Gasteiger partial charge in [-0.25, -0.2) is 19.2 Å². The lowest BCUT2D eigenvalue weighted by Crippen LogP contribution is -2.36. The number of fused-ring (bicyclic) bond motifs is 1. The van der Waals surface area contributed by atoms with Crippen LogP contribution in [0.15, 0.2) is 30.6 Å². The Balaban J connectivity index is 1.54. The summed E-state index contributed by atoms with van der Waals surface area (Å²) in [5, 5.41) is 15.7. The minimum atomic E-state index is -4.68. The van der Waals surface area contributed by atoms with E-state index in [9.17, 15) is 27.5 Å². The summed E-state index contributed by atoms with van der Waals surface area (Å²) < 4.78 is 55.7. The van der Waals surface area contributed by atoms with Crippen molar-refractivity contribution in [1.82, 2.24) is 25.2 Å². The first-order valence-electron chi connectivity index (χ1n) is 12.1. The molecule has 37 heavy (non-hydrogen) atoms. The Kier molecular flexibility index (Phi) is 7.98. The smallest absolute Gasteiger partial charge is 0.419 e. The van der Waals surface area contributed by atoms with Crippen molar-refractivity contribution in [3.63, 3.8) is 0 Å². The van der Waals surface area contributed by atoms with Crippen molar-refractivity contribution in [1.29, 1.82) is 0 Å². The Bertz CT molecular complexity index is 1250. The number of rotatable bonds is 10. The molecule has 0 spiro atoms. The fourth-order valence-corrected chi connectivity index (χ4v) is 4.84. The molecule has 3 atom stereocenters. The number of anilines is 1. The molecule has 0 bridgehead atoms. The minimum absolute atomic E-state index is 0.0175. The predicted octanol–water partition coefficient (Wildman–Crippen LogP) is 4.55. The molecular weight excluding hydrogens is 492 g/mol. The number of alkyl halides is 4. The number of carboxylic acid groups (broad SMARTS) is 1. The van der Waals surface area contributed by atoms with Crippen molar-refractivity contribution >= 4 is 22.8 Å². The molecule has 2 aromatic heterocycles. The van der Waals surface area contributed by atoms with E-state index in [-0.39, 0.29) is 34.9 Å². The van der Waals surface area contributed by atoms with Gasteiger partial charge in [0, 0.05) is 47.5 Å². The van der Waals surface area contributed by atoms with Crippen molar-refractivity contribution in [3.05, 3.63) is 41.7 Å². The third-order valence-corrected chi connectivity index (χ3v) is 6.83. The lowest BCUT2D eigenvalue weighted by Gasteiger charge is -2.26. The van der Waals surface area contributed by atoms with Crippen LogP contribution in [0, 0.1) is 0 Å². The summed E-state index contributed by atoms with van der Waals surface area (Å²) in [6, 6.07) is 4.26. The van der Waals surface area contributed by atoms with Gasteiger partial charge in [0.2, 0.25) is 5.95 Å². The van der Waals surface area contributed by atoms with E-state index >= 15 is 0 Å². The van der Waals surface area contributed by atoms with E-state index in [1.165, 1.54) is 24.4 Å². The Labute approximate surface area is 211 Å². The van der Waals surface area contributed by atoms with Gasteiger partial charge >= 0.3 is 12.1 Å². The summed E-state index contributed by atoms with van der Waals surface area (Å²) in [5.41, 5.74) is -0.677. The second kappa shape index (κ2) is 11.0. The SMILES string of the molecule is CNCCC(F)CN(C)C1CC[C@H](Nc2ncc(C(F)(F)F)c(-c3c[nH]c4cc(C(=O)O)ccc34)n2)C1. The Hall–Kier alpha value is -3.25. The van der Waals surface area contributed by atoms with Crippen molar-refractivity contribution in [2.75, 3.05) is 32.5 Å². The molecule has 1 fully saturated rings. The Morgan fingerprint density at radius 3 is 2.81 bits per heavy atom. The fraction of sp³-hybridized carbons (Fsp3) is 0.480.